The molecular formula is C20H22N4O5S. The molecule has 1 aromatic heterocycles. The van der Waals surface area contributed by atoms with Crippen molar-refractivity contribution in [1.82, 2.24) is 14.1 Å². The maximum atomic E-state index is 12.2. The molecule has 30 heavy (non-hydrogen) atoms. The van der Waals surface area contributed by atoms with Gasteiger partial charge in [-0.3, -0.25) is 9.52 Å². The van der Waals surface area contributed by atoms with Gasteiger partial charge in [0.2, 0.25) is 0 Å². The lowest BCUT2D eigenvalue weighted by Crippen LogP contribution is -2.28. The van der Waals surface area contributed by atoms with Crippen molar-refractivity contribution in [2.24, 2.45) is 7.05 Å². The minimum absolute atomic E-state index is 0.239. The van der Waals surface area contributed by atoms with E-state index in [0.29, 0.717) is 28.4 Å². The average molecular weight is 430 g/mol. The SMILES string of the molecule is COc1cc(=O)n(C)nc1-c1cc(NS(=O)(=O)N(C)C)ccc1Oc1ccccc1. The number of nitrogens with one attached hydrogen (secondary N) is 1. The highest BCUT2D eigenvalue weighted by molar-refractivity contribution is 7.90. The molecule has 0 aliphatic rings. The number of methoxy groups -OCH3 is 1. The number of para-hydroxylation sites is 1. The molecule has 0 bridgehead atoms. The van der Waals surface area contributed by atoms with E-state index in [2.05, 4.69) is 9.82 Å². The third-order valence-corrected chi connectivity index (χ3v) is 5.67. The van der Waals surface area contributed by atoms with E-state index in [0.717, 1.165) is 4.31 Å². The van der Waals surface area contributed by atoms with Gasteiger partial charge in [-0.25, -0.2) is 4.68 Å². The average Bonchev–Trinajstić information content (AvgIpc) is 2.71. The third-order valence-electron chi connectivity index (χ3n) is 4.21. The van der Waals surface area contributed by atoms with Crippen LogP contribution in [0.3, 0.4) is 0 Å². The van der Waals surface area contributed by atoms with Crippen molar-refractivity contribution in [3.63, 3.8) is 0 Å². The fraction of sp³-hybridized carbons (Fsp3) is 0.200. The van der Waals surface area contributed by atoms with Crippen LogP contribution in [0.2, 0.25) is 0 Å². The minimum atomic E-state index is -3.72. The topological polar surface area (TPSA) is 103 Å². The zero-order valence-corrected chi connectivity index (χ0v) is 17.8. The standard InChI is InChI=1S/C20H22N4O5S/c1-23(2)30(26,27)22-14-10-11-17(29-15-8-6-5-7-9-15)16(12-14)20-18(28-4)13-19(25)24(3)21-20/h5-13,22H,1-4H3. The molecule has 9 nitrogen and oxygen atoms in total. The summed E-state index contributed by atoms with van der Waals surface area (Å²) < 4.78 is 40.5. The van der Waals surface area contributed by atoms with E-state index < -0.39 is 10.2 Å². The molecule has 0 radical (unpaired) electrons. The van der Waals surface area contributed by atoms with Crippen LogP contribution in [0.1, 0.15) is 0 Å². The zero-order chi connectivity index (χ0) is 21.9. The number of hydrogen-bond donors (Lipinski definition) is 1. The number of ether oxygens (including phenoxy) is 2. The molecule has 2 aromatic carbocycles. The third kappa shape index (κ3) is 4.61. The van der Waals surface area contributed by atoms with Crippen molar-refractivity contribution in [1.29, 1.82) is 0 Å². The maximum absolute atomic E-state index is 12.2. The van der Waals surface area contributed by atoms with Crippen LogP contribution >= 0.6 is 0 Å². The summed E-state index contributed by atoms with van der Waals surface area (Å²) >= 11 is 0. The van der Waals surface area contributed by atoms with E-state index in [9.17, 15) is 13.2 Å². The molecule has 0 fully saturated rings. The molecule has 0 unspecified atom stereocenters. The Labute approximate surface area is 174 Å². The molecule has 3 rings (SSSR count). The van der Waals surface area contributed by atoms with Crippen LogP contribution in [-0.4, -0.2) is 43.7 Å². The van der Waals surface area contributed by atoms with Crippen LogP contribution in [0.15, 0.2) is 59.4 Å². The van der Waals surface area contributed by atoms with E-state index in [1.807, 2.05) is 18.2 Å². The van der Waals surface area contributed by atoms with Crippen LogP contribution in [0, 0.1) is 0 Å². The highest BCUT2D eigenvalue weighted by Gasteiger charge is 2.19. The Morgan fingerprint density at radius 1 is 1.03 bits per heavy atom. The van der Waals surface area contributed by atoms with E-state index in [4.69, 9.17) is 9.47 Å². The summed E-state index contributed by atoms with van der Waals surface area (Å²) in [5.41, 5.74) is 0.740. The van der Waals surface area contributed by atoms with Crippen molar-refractivity contribution >= 4 is 15.9 Å². The van der Waals surface area contributed by atoms with Gasteiger partial charge in [0.05, 0.1) is 18.4 Å². The predicted octanol–water partition coefficient (Wildman–Crippen LogP) is 2.47. The van der Waals surface area contributed by atoms with Gasteiger partial charge in [-0.05, 0) is 30.3 Å². The molecule has 0 atom stereocenters. The number of hydrogen-bond acceptors (Lipinski definition) is 6. The van der Waals surface area contributed by atoms with E-state index in [1.165, 1.54) is 39.0 Å². The summed E-state index contributed by atoms with van der Waals surface area (Å²) in [5, 5.41) is 4.30. The van der Waals surface area contributed by atoms with Crippen LogP contribution in [0.5, 0.6) is 17.2 Å². The number of anilines is 1. The van der Waals surface area contributed by atoms with Gasteiger partial charge in [0.25, 0.3) is 5.56 Å². The van der Waals surface area contributed by atoms with Crippen LogP contribution in [0.25, 0.3) is 11.3 Å². The summed E-state index contributed by atoms with van der Waals surface area (Å²) in [4.78, 5) is 12.0. The molecule has 1 N–H and O–H groups in total. The highest BCUT2D eigenvalue weighted by atomic mass is 32.2. The Hall–Kier alpha value is -3.37. The van der Waals surface area contributed by atoms with Crippen molar-refractivity contribution in [2.75, 3.05) is 25.9 Å². The molecule has 0 aliphatic carbocycles. The van der Waals surface area contributed by atoms with Gasteiger partial charge in [-0.1, -0.05) is 18.2 Å². The lowest BCUT2D eigenvalue weighted by Gasteiger charge is -2.17. The molecule has 158 valence electrons. The van der Waals surface area contributed by atoms with Crippen molar-refractivity contribution < 1.29 is 17.9 Å². The Morgan fingerprint density at radius 3 is 2.37 bits per heavy atom. The lowest BCUT2D eigenvalue weighted by molar-refractivity contribution is 0.409. The van der Waals surface area contributed by atoms with E-state index >= 15 is 0 Å². The Kier molecular flexibility index (Phi) is 6.09. The van der Waals surface area contributed by atoms with Crippen LogP contribution < -0.4 is 19.8 Å². The molecule has 0 aliphatic heterocycles. The monoisotopic (exact) mass is 430 g/mol. The maximum Gasteiger partial charge on any atom is 0.301 e. The lowest BCUT2D eigenvalue weighted by atomic mass is 10.1. The number of nitrogens with zero attached hydrogens (tertiary/aromatic N) is 3. The molecule has 1 heterocycles. The van der Waals surface area contributed by atoms with Crippen molar-refractivity contribution in [2.45, 2.75) is 0 Å². The van der Waals surface area contributed by atoms with Gasteiger partial charge in [0, 0.05) is 27.2 Å². The van der Waals surface area contributed by atoms with Gasteiger partial charge in [-0.2, -0.15) is 17.8 Å². The van der Waals surface area contributed by atoms with Crippen molar-refractivity contribution in [3.05, 3.63) is 65.0 Å². The first-order valence-electron chi connectivity index (χ1n) is 8.91. The summed E-state index contributed by atoms with van der Waals surface area (Å²) in [6.45, 7) is 0. The second kappa shape index (κ2) is 8.56. The predicted molar refractivity (Wildman–Crippen MR) is 114 cm³/mol. The van der Waals surface area contributed by atoms with E-state index in [1.54, 1.807) is 30.3 Å². The minimum Gasteiger partial charge on any atom is -0.494 e. The number of rotatable bonds is 7. The number of aryl methyl sites for hydroxylation is 1. The second-order valence-corrected chi connectivity index (χ2v) is 8.42. The Morgan fingerprint density at radius 2 is 1.73 bits per heavy atom. The first kappa shape index (κ1) is 21.3. The summed E-state index contributed by atoms with van der Waals surface area (Å²) in [7, 11) is 2.07. The summed E-state index contributed by atoms with van der Waals surface area (Å²) in [6, 6.07) is 15.2. The smallest absolute Gasteiger partial charge is 0.301 e. The molecule has 0 amide bonds. The quantitative estimate of drug-likeness (QED) is 0.618. The fourth-order valence-corrected chi connectivity index (χ4v) is 3.20. The first-order valence-corrected chi connectivity index (χ1v) is 10.3. The van der Waals surface area contributed by atoms with Crippen molar-refractivity contribution in [3.8, 4) is 28.5 Å². The highest BCUT2D eigenvalue weighted by Crippen LogP contribution is 2.38. The molecule has 0 saturated heterocycles. The summed E-state index contributed by atoms with van der Waals surface area (Å²) in [6.07, 6.45) is 0. The number of benzene rings is 2. The molecular weight excluding hydrogens is 408 g/mol. The second-order valence-electron chi connectivity index (χ2n) is 6.54. The van der Waals surface area contributed by atoms with Gasteiger partial charge in [0.15, 0.2) is 5.75 Å². The molecule has 0 spiro atoms. The zero-order valence-electron chi connectivity index (χ0n) is 17.0. The fourth-order valence-electron chi connectivity index (χ4n) is 2.59. The molecule has 10 heteroatoms. The first-order chi connectivity index (χ1) is 14.2. The van der Waals surface area contributed by atoms with E-state index in [-0.39, 0.29) is 11.3 Å². The summed E-state index contributed by atoms with van der Waals surface area (Å²) in [5.74, 6) is 1.24. The van der Waals surface area contributed by atoms with Gasteiger partial charge in [0.1, 0.15) is 17.2 Å². The Balaban J connectivity index is 2.17. The van der Waals surface area contributed by atoms with Gasteiger partial charge < -0.3 is 9.47 Å². The number of aromatic nitrogens is 2. The van der Waals surface area contributed by atoms with Gasteiger partial charge >= 0.3 is 10.2 Å². The van der Waals surface area contributed by atoms with Crippen LogP contribution in [-0.2, 0) is 17.3 Å². The van der Waals surface area contributed by atoms with Gasteiger partial charge in [-0.15, -0.1) is 0 Å². The van der Waals surface area contributed by atoms with Crippen LogP contribution in [0.4, 0.5) is 5.69 Å². The Bertz CT molecular complexity index is 1210. The molecule has 3 aromatic rings. The largest absolute Gasteiger partial charge is 0.494 e. The normalized spacial score (nSPS) is 11.4. The molecule has 0 saturated carbocycles.